The number of carbonyl (C=O) groups excluding carboxylic acids is 2. The fourth-order valence-corrected chi connectivity index (χ4v) is 2.11. The van der Waals surface area contributed by atoms with Crippen LogP contribution in [0, 0.1) is 5.92 Å². The number of aliphatic hydroxyl groups excluding tert-OH is 1. The summed E-state index contributed by atoms with van der Waals surface area (Å²) < 4.78 is 9.68. The molecule has 0 radical (unpaired) electrons. The minimum atomic E-state index is -0.600. The number of hydrogen-bond acceptors (Lipinski definition) is 5. The quantitative estimate of drug-likeness (QED) is 0.720. The van der Waals surface area contributed by atoms with Crippen molar-refractivity contribution in [2.75, 3.05) is 7.11 Å². The van der Waals surface area contributed by atoms with Crippen molar-refractivity contribution < 1.29 is 24.2 Å². The second-order valence-electron chi connectivity index (χ2n) is 4.09. The number of carbonyl (C=O) groups is 2. The van der Waals surface area contributed by atoms with Crippen molar-refractivity contribution in [3.8, 4) is 0 Å². The standard InChI is InChI=1S/C11H18O5/c1-7(12)16-10-5-3-4-9(13)8(10)6-11(14)15-2/h8-10,13H,3-6H2,1-2H3/t8-,9+,10+/m0/s1. The minimum absolute atomic E-state index is 0.0929. The summed E-state index contributed by atoms with van der Waals surface area (Å²) in [4.78, 5) is 22.1. The zero-order valence-electron chi connectivity index (χ0n) is 9.64. The Kier molecular flexibility index (Phi) is 4.73. The molecule has 0 aliphatic heterocycles. The van der Waals surface area contributed by atoms with Crippen LogP contribution in [0.1, 0.15) is 32.6 Å². The monoisotopic (exact) mass is 230 g/mol. The largest absolute Gasteiger partial charge is 0.469 e. The highest BCUT2D eigenvalue weighted by atomic mass is 16.5. The van der Waals surface area contributed by atoms with Crippen molar-refractivity contribution in [2.45, 2.75) is 44.8 Å². The molecular weight excluding hydrogens is 212 g/mol. The molecule has 3 atom stereocenters. The molecular formula is C11H18O5. The Labute approximate surface area is 94.7 Å². The van der Waals surface area contributed by atoms with E-state index < -0.39 is 6.10 Å². The van der Waals surface area contributed by atoms with Crippen molar-refractivity contribution in [3.05, 3.63) is 0 Å². The SMILES string of the molecule is COC(=O)C[C@H]1[C@H](O)CCC[C@H]1OC(C)=O. The van der Waals surface area contributed by atoms with Crippen LogP contribution in [-0.4, -0.2) is 36.4 Å². The molecule has 0 heterocycles. The fourth-order valence-electron chi connectivity index (χ4n) is 2.11. The van der Waals surface area contributed by atoms with Gasteiger partial charge in [-0.2, -0.15) is 0 Å². The topological polar surface area (TPSA) is 72.8 Å². The van der Waals surface area contributed by atoms with Gasteiger partial charge in [0.05, 0.1) is 19.6 Å². The van der Waals surface area contributed by atoms with Crippen LogP contribution in [0.15, 0.2) is 0 Å². The Bertz CT molecular complexity index is 263. The van der Waals surface area contributed by atoms with Gasteiger partial charge in [0.1, 0.15) is 6.10 Å². The lowest BCUT2D eigenvalue weighted by Crippen LogP contribution is -2.40. The highest BCUT2D eigenvalue weighted by Crippen LogP contribution is 2.30. The molecule has 0 amide bonds. The number of aliphatic hydroxyl groups is 1. The van der Waals surface area contributed by atoms with Gasteiger partial charge in [-0.05, 0) is 19.3 Å². The molecule has 0 unspecified atom stereocenters. The lowest BCUT2D eigenvalue weighted by molar-refractivity contribution is -0.160. The number of ether oxygens (including phenoxy) is 2. The summed E-state index contributed by atoms with van der Waals surface area (Å²) in [5, 5.41) is 9.80. The zero-order chi connectivity index (χ0) is 12.1. The van der Waals surface area contributed by atoms with E-state index >= 15 is 0 Å². The maximum atomic E-state index is 11.2. The number of hydrogen-bond donors (Lipinski definition) is 1. The predicted octanol–water partition coefficient (Wildman–Crippen LogP) is 0.642. The van der Waals surface area contributed by atoms with Crippen LogP contribution in [0.5, 0.6) is 0 Å². The average molecular weight is 230 g/mol. The zero-order valence-corrected chi connectivity index (χ0v) is 9.64. The highest BCUT2D eigenvalue weighted by Gasteiger charge is 2.36. The number of methoxy groups -OCH3 is 1. The van der Waals surface area contributed by atoms with Gasteiger partial charge in [-0.1, -0.05) is 0 Å². The van der Waals surface area contributed by atoms with Crippen LogP contribution in [0.2, 0.25) is 0 Å². The molecule has 5 nitrogen and oxygen atoms in total. The molecule has 0 aromatic carbocycles. The molecule has 1 saturated carbocycles. The summed E-state index contributed by atoms with van der Waals surface area (Å²) in [6.45, 7) is 1.33. The van der Waals surface area contributed by atoms with Crippen molar-refractivity contribution in [1.29, 1.82) is 0 Å². The van der Waals surface area contributed by atoms with E-state index in [0.717, 1.165) is 6.42 Å². The maximum absolute atomic E-state index is 11.2. The van der Waals surface area contributed by atoms with Crippen molar-refractivity contribution in [3.63, 3.8) is 0 Å². The predicted molar refractivity (Wildman–Crippen MR) is 55.5 cm³/mol. The fraction of sp³-hybridized carbons (Fsp3) is 0.818. The third-order valence-corrected chi connectivity index (χ3v) is 2.91. The van der Waals surface area contributed by atoms with Crippen molar-refractivity contribution in [2.24, 2.45) is 5.92 Å². The molecule has 1 aliphatic carbocycles. The summed E-state index contributed by atoms with van der Waals surface area (Å²) in [6.07, 6.45) is 1.25. The Morgan fingerprint density at radius 1 is 1.38 bits per heavy atom. The molecule has 0 aromatic heterocycles. The summed E-state index contributed by atoms with van der Waals surface area (Å²) in [7, 11) is 1.30. The second kappa shape index (κ2) is 5.84. The van der Waals surface area contributed by atoms with E-state index in [0.29, 0.717) is 12.8 Å². The smallest absolute Gasteiger partial charge is 0.306 e. The first-order valence-electron chi connectivity index (χ1n) is 5.46. The first-order chi connectivity index (χ1) is 7.54. The second-order valence-corrected chi connectivity index (χ2v) is 4.09. The van der Waals surface area contributed by atoms with Gasteiger partial charge in [0.15, 0.2) is 0 Å². The van der Waals surface area contributed by atoms with Crippen LogP contribution < -0.4 is 0 Å². The third kappa shape index (κ3) is 3.48. The van der Waals surface area contributed by atoms with Crippen molar-refractivity contribution in [1.82, 2.24) is 0 Å². The van der Waals surface area contributed by atoms with E-state index in [4.69, 9.17) is 4.74 Å². The summed E-state index contributed by atoms with van der Waals surface area (Å²) in [6, 6.07) is 0. The molecule has 1 rings (SSSR count). The van der Waals surface area contributed by atoms with Gasteiger partial charge in [0.25, 0.3) is 0 Å². The van der Waals surface area contributed by atoms with E-state index in [1.54, 1.807) is 0 Å². The maximum Gasteiger partial charge on any atom is 0.306 e. The molecule has 1 N–H and O–H groups in total. The summed E-state index contributed by atoms with van der Waals surface area (Å²) in [5.74, 6) is -1.11. The van der Waals surface area contributed by atoms with Crippen molar-refractivity contribution >= 4 is 11.9 Å². The normalized spacial score (nSPS) is 29.6. The molecule has 16 heavy (non-hydrogen) atoms. The Morgan fingerprint density at radius 2 is 2.06 bits per heavy atom. The molecule has 0 aromatic rings. The van der Waals surface area contributed by atoms with Gasteiger partial charge >= 0.3 is 11.9 Å². The van der Waals surface area contributed by atoms with E-state index in [1.165, 1.54) is 14.0 Å². The van der Waals surface area contributed by atoms with Crippen LogP contribution in [0.25, 0.3) is 0 Å². The van der Waals surface area contributed by atoms with Crippen LogP contribution >= 0.6 is 0 Å². The molecule has 0 saturated heterocycles. The van der Waals surface area contributed by atoms with E-state index in [2.05, 4.69) is 4.74 Å². The molecule has 1 fully saturated rings. The molecule has 0 spiro atoms. The van der Waals surface area contributed by atoms with Gasteiger partial charge in [-0.25, -0.2) is 0 Å². The summed E-state index contributed by atoms with van der Waals surface area (Å²) in [5.41, 5.74) is 0. The third-order valence-electron chi connectivity index (χ3n) is 2.91. The molecule has 1 aliphatic rings. The van der Waals surface area contributed by atoms with E-state index in [9.17, 15) is 14.7 Å². The molecule has 0 bridgehead atoms. The van der Waals surface area contributed by atoms with E-state index in [1.807, 2.05) is 0 Å². The lowest BCUT2D eigenvalue weighted by atomic mass is 9.82. The summed E-state index contributed by atoms with van der Waals surface area (Å²) >= 11 is 0. The van der Waals surface area contributed by atoms with Gasteiger partial charge in [0.2, 0.25) is 0 Å². The first-order valence-corrected chi connectivity index (χ1v) is 5.46. The Balaban J connectivity index is 2.63. The Morgan fingerprint density at radius 3 is 2.62 bits per heavy atom. The molecule has 92 valence electrons. The number of esters is 2. The van der Waals surface area contributed by atoms with Crippen LogP contribution in [-0.2, 0) is 19.1 Å². The van der Waals surface area contributed by atoms with Crippen LogP contribution in [0.4, 0.5) is 0 Å². The average Bonchev–Trinajstić information content (AvgIpc) is 2.22. The van der Waals surface area contributed by atoms with E-state index in [-0.39, 0.29) is 30.4 Å². The van der Waals surface area contributed by atoms with Gasteiger partial charge in [-0.3, -0.25) is 9.59 Å². The lowest BCUT2D eigenvalue weighted by Gasteiger charge is -2.34. The number of rotatable bonds is 3. The van der Waals surface area contributed by atoms with Crippen LogP contribution in [0.3, 0.4) is 0 Å². The molecule has 5 heteroatoms. The highest BCUT2D eigenvalue weighted by molar-refractivity contribution is 5.70. The van der Waals surface area contributed by atoms with Gasteiger partial charge in [-0.15, -0.1) is 0 Å². The minimum Gasteiger partial charge on any atom is -0.469 e. The van der Waals surface area contributed by atoms with Gasteiger partial charge < -0.3 is 14.6 Å². The van der Waals surface area contributed by atoms with Gasteiger partial charge in [0, 0.05) is 12.8 Å². The first kappa shape index (κ1) is 13.0. The Hall–Kier alpha value is -1.10.